The van der Waals surface area contributed by atoms with E-state index in [1.807, 2.05) is 0 Å². The number of halogens is 4. The van der Waals surface area contributed by atoms with Crippen molar-refractivity contribution in [3.05, 3.63) is 29.6 Å². The summed E-state index contributed by atoms with van der Waals surface area (Å²) in [7, 11) is 0. The Hall–Kier alpha value is -1.59. The minimum absolute atomic E-state index is 0.393. The van der Waals surface area contributed by atoms with Crippen LogP contribution in [0.3, 0.4) is 0 Å². The number of aromatic hydroxyl groups is 1. The zero-order chi connectivity index (χ0) is 11.6. The van der Waals surface area contributed by atoms with Crippen molar-refractivity contribution in [2.45, 2.75) is 12.6 Å². The molecule has 0 spiro atoms. The lowest BCUT2D eigenvalue weighted by Crippen LogP contribution is -2.24. The number of benzene rings is 1. The number of phenols is 1. The van der Waals surface area contributed by atoms with Gasteiger partial charge in [0.2, 0.25) is 5.78 Å². The molecule has 6 heteroatoms. The summed E-state index contributed by atoms with van der Waals surface area (Å²) in [5.74, 6) is -3.46. The van der Waals surface area contributed by atoms with Gasteiger partial charge in [0, 0.05) is 12.5 Å². The van der Waals surface area contributed by atoms with Gasteiger partial charge in [0.1, 0.15) is 11.6 Å². The van der Waals surface area contributed by atoms with E-state index in [1.54, 1.807) is 0 Å². The molecule has 0 aliphatic heterocycles. The molecule has 0 bridgehead atoms. The molecule has 0 aliphatic carbocycles. The predicted octanol–water partition coefficient (Wildman–Crippen LogP) is 2.21. The van der Waals surface area contributed by atoms with Crippen LogP contribution in [0.15, 0.2) is 18.2 Å². The van der Waals surface area contributed by atoms with Crippen molar-refractivity contribution in [3.63, 3.8) is 0 Å². The van der Waals surface area contributed by atoms with Gasteiger partial charge >= 0.3 is 6.18 Å². The largest absolute Gasteiger partial charge is 0.508 e. The molecule has 0 aliphatic rings. The molecule has 0 unspecified atom stereocenters. The van der Waals surface area contributed by atoms with E-state index in [0.717, 1.165) is 12.1 Å². The minimum Gasteiger partial charge on any atom is -0.508 e. The number of rotatable bonds is 2. The molecule has 0 heterocycles. The summed E-state index contributed by atoms with van der Waals surface area (Å²) >= 11 is 0. The average molecular weight is 222 g/mol. The van der Waals surface area contributed by atoms with Crippen molar-refractivity contribution in [1.82, 2.24) is 0 Å². The van der Waals surface area contributed by atoms with Crippen molar-refractivity contribution in [2.24, 2.45) is 0 Å². The van der Waals surface area contributed by atoms with E-state index < -0.39 is 35.5 Å². The number of alkyl halides is 3. The molecule has 2 nitrogen and oxygen atoms in total. The van der Waals surface area contributed by atoms with Crippen LogP contribution in [0.1, 0.15) is 5.56 Å². The summed E-state index contributed by atoms with van der Waals surface area (Å²) in [5.41, 5.74) is -0.393. The summed E-state index contributed by atoms with van der Waals surface area (Å²) < 4.78 is 48.4. The Balaban J connectivity index is 2.87. The van der Waals surface area contributed by atoms with E-state index in [-0.39, 0.29) is 0 Å². The Labute approximate surface area is 82.1 Å². The number of phenolic OH excluding ortho intramolecular Hbond substituents is 1. The van der Waals surface area contributed by atoms with Crippen molar-refractivity contribution in [3.8, 4) is 5.75 Å². The third-order valence-electron chi connectivity index (χ3n) is 1.70. The Bertz CT molecular complexity index is 384. The highest BCUT2D eigenvalue weighted by molar-refractivity contribution is 5.86. The number of carbonyl (C=O) groups excluding carboxylic acids is 1. The first-order valence-corrected chi connectivity index (χ1v) is 3.88. The molecule has 1 aromatic rings. The predicted molar refractivity (Wildman–Crippen MR) is 42.8 cm³/mol. The lowest BCUT2D eigenvalue weighted by molar-refractivity contribution is -0.170. The second-order valence-corrected chi connectivity index (χ2v) is 2.87. The highest BCUT2D eigenvalue weighted by atomic mass is 19.4. The Morgan fingerprint density at radius 2 is 1.93 bits per heavy atom. The molecule has 15 heavy (non-hydrogen) atoms. The summed E-state index contributed by atoms with van der Waals surface area (Å²) in [6.45, 7) is 0. The lowest BCUT2D eigenvalue weighted by atomic mass is 10.1. The second kappa shape index (κ2) is 3.88. The van der Waals surface area contributed by atoms with Gasteiger partial charge in [0.15, 0.2) is 0 Å². The number of ketones is 1. The van der Waals surface area contributed by atoms with Gasteiger partial charge < -0.3 is 5.11 Å². The van der Waals surface area contributed by atoms with Crippen LogP contribution in [0.4, 0.5) is 17.6 Å². The molecule has 0 fully saturated rings. The van der Waals surface area contributed by atoms with E-state index >= 15 is 0 Å². The topological polar surface area (TPSA) is 37.3 Å². The van der Waals surface area contributed by atoms with Gasteiger partial charge in [-0.2, -0.15) is 13.2 Å². The first-order chi connectivity index (χ1) is 6.80. The maximum absolute atomic E-state index is 12.9. The Morgan fingerprint density at radius 1 is 1.33 bits per heavy atom. The maximum Gasteiger partial charge on any atom is 0.450 e. The third-order valence-corrected chi connectivity index (χ3v) is 1.70. The van der Waals surface area contributed by atoms with Crippen LogP contribution in [0.2, 0.25) is 0 Å². The van der Waals surface area contributed by atoms with Crippen LogP contribution in [0, 0.1) is 5.82 Å². The summed E-state index contributed by atoms with van der Waals surface area (Å²) in [5, 5.41) is 8.78. The fourth-order valence-corrected chi connectivity index (χ4v) is 0.953. The van der Waals surface area contributed by atoms with Crippen LogP contribution in [0.25, 0.3) is 0 Å². The second-order valence-electron chi connectivity index (χ2n) is 2.87. The Morgan fingerprint density at radius 3 is 2.40 bits per heavy atom. The highest BCUT2D eigenvalue weighted by Crippen LogP contribution is 2.21. The van der Waals surface area contributed by atoms with Gasteiger partial charge in [-0.05, 0) is 11.6 Å². The molecule has 0 aromatic heterocycles. The van der Waals surface area contributed by atoms with E-state index in [1.165, 1.54) is 0 Å². The van der Waals surface area contributed by atoms with E-state index in [4.69, 9.17) is 5.11 Å². The molecular formula is C9H6F4O2. The monoisotopic (exact) mass is 222 g/mol. The maximum atomic E-state index is 12.9. The fourth-order valence-electron chi connectivity index (χ4n) is 0.953. The molecule has 0 amide bonds. The third kappa shape index (κ3) is 2.93. The van der Waals surface area contributed by atoms with Crippen LogP contribution < -0.4 is 0 Å². The fraction of sp³-hybridized carbons (Fsp3) is 0.222. The van der Waals surface area contributed by atoms with Crippen LogP contribution in [-0.2, 0) is 11.2 Å². The standard InChI is InChI=1S/C9H6F4O2/c10-7-4-6(14)2-1-5(7)3-8(15)9(11,12)13/h1-2,4,14H,3H2. The van der Waals surface area contributed by atoms with Crippen LogP contribution in [0.5, 0.6) is 5.75 Å². The zero-order valence-corrected chi connectivity index (χ0v) is 7.31. The van der Waals surface area contributed by atoms with Gasteiger partial charge in [0.05, 0.1) is 0 Å². The summed E-state index contributed by atoms with van der Waals surface area (Å²) in [6, 6.07) is 2.61. The van der Waals surface area contributed by atoms with Gasteiger partial charge in [-0.15, -0.1) is 0 Å². The van der Waals surface area contributed by atoms with Crippen molar-refractivity contribution >= 4 is 5.78 Å². The molecule has 1 N–H and O–H groups in total. The zero-order valence-electron chi connectivity index (χ0n) is 7.31. The molecule has 0 radical (unpaired) electrons. The molecule has 1 aromatic carbocycles. The number of hydrogen-bond donors (Lipinski definition) is 1. The summed E-state index contributed by atoms with van der Waals surface area (Å²) in [4.78, 5) is 10.5. The smallest absolute Gasteiger partial charge is 0.450 e. The highest BCUT2D eigenvalue weighted by Gasteiger charge is 2.38. The molecule has 0 saturated heterocycles. The quantitative estimate of drug-likeness (QED) is 0.779. The van der Waals surface area contributed by atoms with Gasteiger partial charge in [-0.1, -0.05) is 6.07 Å². The molecule has 0 saturated carbocycles. The SMILES string of the molecule is O=C(Cc1ccc(O)cc1F)C(F)(F)F. The number of Topliss-reactive ketones (excluding diaryl/α,β-unsaturated/α-hetero) is 1. The van der Waals surface area contributed by atoms with Crippen LogP contribution in [-0.4, -0.2) is 17.1 Å². The van der Waals surface area contributed by atoms with Gasteiger partial charge in [0.25, 0.3) is 0 Å². The van der Waals surface area contributed by atoms with E-state index in [9.17, 15) is 22.4 Å². The van der Waals surface area contributed by atoms with Gasteiger partial charge in [-0.3, -0.25) is 4.79 Å². The summed E-state index contributed by atoms with van der Waals surface area (Å²) in [6.07, 6.45) is -6.03. The molecule has 82 valence electrons. The van der Waals surface area contributed by atoms with E-state index in [0.29, 0.717) is 6.07 Å². The van der Waals surface area contributed by atoms with E-state index in [2.05, 4.69) is 0 Å². The first kappa shape index (κ1) is 11.5. The minimum atomic E-state index is -4.97. The average Bonchev–Trinajstić information content (AvgIpc) is 2.08. The lowest BCUT2D eigenvalue weighted by Gasteiger charge is -2.05. The van der Waals surface area contributed by atoms with Gasteiger partial charge in [-0.25, -0.2) is 4.39 Å². The molecule has 0 atom stereocenters. The van der Waals surface area contributed by atoms with Crippen LogP contribution >= 0.6 is 0 Å². The number of hydrogen-bond acceptors (Lipinski definition) is 2. The Kier molecular flexibility index (Phi) is 2.97. The molecular weight excluding hydrogens is 216 g/mol. The normalized spacial score (nSPS) is 11.5. The molecule has 1 rings (SSSR count). The van der Waals surface area contributed by atoms with Crippen molar-refractivity contribution < 1.29 is 27.5 Å². The van der Waals surface area contributed by atoms with Crippen molar-refractivity contribution in [1.29, 1.82) is 0 Å². The number of carbonyl (C=O) groups is 1. The first-order valence-electron chi connectivity index (χ1n) is 3.88. The van der Waals surface area contributed by atoms with Crippen molar-refractivity contribution in [2.75, 3.05) is 0 Å².